The smallest absolute Gasteiger partial charge is 0.227 e. The molecule has 3 heterocycles. The average Bonchev–Trinajstić information content (AvgIpc) is 3.11. The molecule has 126 valence electrons. The fourth-order valence-electron chi connectivity index (χ4n) is 3.44. The first-order valence-electron chi connectivity index (χ1n) is 8.16. The van der Waals surface area contributed by atoms with Crippen molar-refractivity contribution in [3.8, 4) is 5.75 Å². The lowest BCUT2D eigenvalue weighted by Crippen LogP contribution is -2.50. The molecular weight excluding hydrogens is 308 g/mol. The van der Waals surface area contributed by atoms with E-state index in [2.05, 4.69) is 10.3 Å². The van der Waals surface area contributed by atoms with Crippen LogP contribution in [0.5, 0.6) is 5.75 Å². The molecule has 2 atom stereocenters. The number of benzene rings is 1. The van der Waals surface area contributed by atoms with Crippen molar-refractivity contribution in [2.75, 3.05) is 20.2 Å². The van der Waals surface area contributed by atoms with E-state index in [1.165, 1.54) is 0 Å². The van der Waals surface area contributed by atoms with Gasteiger partial charge >= 0.3 is 0 Å². The average molecular weight is 328 g/mol. The van der Waals surface area contributed by atoms with E-state index in [9.17, 15) is 4.79 Å². The second-order valence-electron chi connectivity index (χ2n) is 6.24. The number of aromatic nitrogens is 3. The molecule has 1 aromatic carbocycles. The minimum Gasteiger partial charge on any atom is -0.497 e. The van der Waals surface area contributed by atoms with Gasteiger partial charge in [-0.3, -0.25) is 4.79 Å². The van der Waals surface area contributed by atoms with Crippen molar-refractivity contribution < 1.29 is 14.3 Å². The first-order chi connectivity index (χ1) is 11.7. The van der Waals surface area contributed by atoms with Crippen LogP contribution in [0.15, 0.2) is 30.5 Å². The predicted molar refractivity (Wildman–Crippen MR) is 85.5 cm³/mol. The molecule has 1 fully saturated rings. The van der Waals surface area contributed by atoms with Crippen LogP contribution in [0.2, 0.25) is 0 Å². The maximum Gasteiger partial charge on any atom is 0.227 e. The van der Waals surface area contributed by atoms with Gasteiger partial charge in [0.15, 0.2) is 0 Å². The van der Waals surface area contributed by atoms with E-state index in [1.807, 2.05) is 33.8 Å². The van der Waals surface area contributed by atoms with Gasteiger partial charge in [-0.1, -0.05) is 17.3 Å². The van der Waals surface area contributed by atoms with Crippen molar-refractivity contribution >= 4 is 5.91 Å². The summed E-state index contributed by atoms with van der Waals surface area (Å²) in [5, 5.41) is 8.14. The summed E-state index contributed by atoms with van der Waals surface area (Å²) < 4.78 is 13.0. The number of ether oxygens (including phenoxy) is 2. The van der Waals surface area contributed by atoms with Crippen LogP contribution in [0.3, 0.4) is 0 Å². The lowest BCUT2D eigenvalue weighted by atomic mass is 9.99. The molecule has 7 nitrogen and oxygen atoms in total. The summed E-state index contributed by atoms with van der Waals surface area (Å²) in [6, 6.07) is 7.69. The second kappa shape index (κ2) is 6.24. The molecule has 1 aromatic heterocycles. The van der Waals surface area contributed by atoms with E-state index in [0.717, 1.165) is 30.0 Å². The van der Waals surface area contributed by atoms with Gasteiger partial charge in [-0.25, -0.2) is 4.68 Å². The SMILES string of the molecule is COc1ccc(CC(=O)N2CCC3OCc4cnnn4C3C2)cc1. The maximum atomic E-state index is 12.7. The summed E-state index contributed by atoms with van der Waals surface area (Å²) in [4.78, 5) is 14.6. The number of likely N-dealkylation sites (tertiary alicyclic amines) is 1. The summed E-state index contributed by atoms with van der Waals surface area (Å²) in [7, 11) is 1.63. The molecular formula is C17H20N4O3. The Balaban J connectivity index is 1.44. The molecule has 2 aliphatic rings. The van der Waals surface area contributed by atoms with Crippen LogP contribution in [-0.4, -0.2) is 52.1 Å². The maximum absolute atomic E-state index is 12.7. The molecule has 4 rings (SSSR count). The van der Waals surface area contributed by atoms with Crippen molar-refractivity contribution in [1.29, 1.82) is 0 Å². The first-order valence-corrected chi connectivity index (χ1v) is 8.16. The highest BCUT2D eigenvalue weighted by Gasteiger charge is 2.37. The Kier molecular flexibility index (Phi) is 3.93. The lowest BCUT2D eigenvalue weighted by Gasteiger charge is -2.41. The van der Waals surface area contributed by atoms with Crippen LogP contribution in [0.25, 0.3) is 0 Å². The normalized spacial score (nSPS) is 22.6. The van der Waals surface area contributed by atoms with E-state index in [4.69, 9.17) is 9.47 Å². The van der Waals surface area contributed by atoms with Gasteiger partial charge in [-0.05, 0) is 24.1 Å². The zero-order chi connectivity index (χ0) is 16.5. The van der Waals surface area contributed by atoms with Crippen LogP contribution >= 0.6 is 0 Å². The fourth-order valence-corrected chi connectivity index (χ4v) is 3.44. The minimum absolute atomic E-state index is 0.0600. The number of rotatable bonds is 3. The van der Waals surface area contributed by atoms with Gasteiger partial charge in [0.2, 0.25) is 5.91 Å². The zero-order valence-electron chi connectivity index (χ0n) is 13.6. The summed E-state index contributed by atoms with van der Waals surface area (Å²) in [5.41, 5.74) is 1.96. The van der Waals surface area contributed by atoms with Crippen LogP contribution in [0.4, 0.5) is 0 Å². The van der Waals surface area contributed by atoms with Gasteiger partial charge in [0.25, 0.3) is 0 Å². The highest BCUT2D eigenvalue weighted by atomic mass is 16.5. The Labute approximate surface area is 140 Å². The molecule has 0 bridgehead atoms. The van der Waals surface area contributed by atoms with Gasteiger partial charge in [0.05, 0.1) is 44.2 Å². The number of hydrogen-bond acceptors (Lipinski definition) is 5. The third-order valence-corrected chi connectivity index (χ3v) is 4.80. The second-order valence-corrected chi connectivity index (χ2v) is 6.24. The molecule has 1 amide bonds. The number of carbonyl (C=O) groups is 1. The molecule has 2 aromatic rings. The Morgan fingerprint density at radius 3 is 3.00 bits per heavy atom. The summed E-state index contributed by atoms with van der Waals surface area (Å²) in [6.45, 7) is 1.89. The van der Waals surface area contributed by atoms with Gasteiger partial charge in [-0.2, -0.15) is 0 Å². The monoisotopic (exact) mass is 328 g/mol. The highest BCUT2D eigenvalue weighted by Crippen LogP contribution is 2.30. The Morgan fingerprint density at radius 1 is 1.38 bits per heavy atom. The molecule has 7 heteroatoms. The van der Waals surface area contributed by atoms with E-state index in [0.29, 0.717) is 19.6 Å². The molecule has 24 heavy (non-hydrogen) atoms. The molecule has 2 aliphatic heterocycles. The molecule has 0 spiro atoms. The first kappa shape index (κ1) is 15.1. The molecule has 0 saturated carbocycles. The predicted octanol–water partition coefficient (Wildman–Crippen LogP) is 1.20. The molecule has 0 aliphatic carbocycles. The van der Waals surface area contributed by atoms with Crippen molar-refractivity contribution in [2.45, 2.75) is 31.6 Å². The fraction of sp³-hybridized carbons (Fsp3) is 0.471. The number of carbonyl (C=O) groups excluding carboxylic acids is 1. The molecule has 1 saturated heterocycles. The largest absolute Gasteiger partial charge is 0.497 e. The van der Waals surface area contributed by atoms with Crippen LogP contribution in [0.1, 0.15) is 23.7 Å². The third kappa shape index (κ3) is 2.75. The topological polar surface area (TPSA) is 69.5 Å². The van der Waals surface area contributed by atoms with E-state index in [1.54, 1.807) is 13.3 Å². The van der Waals surface area contributed by atoms with Gasteiger partial charge < -0.3 is 14.4 Å². The van der Waals surface area contributed by atoms with Gasteiger partial charge in [0.1, 0.15) is 5.75 Å². The van der Waals surface area contributed by atoms with Crippen molar-refractivity contribution in [3.63, 3.8) is 0 Å². The Bertz CT molecular complexity index is 728. The number of amides is 1. The van der Waals surface area contributed by atoms with Crippen LogP contribution in [-0.2, 0) is 22.6 Å². The molecule has 2 unspecified atom stereocenters. The standard InChI is InChI=1S/C17H20N4O3/c1-23-14-4-2-12(3-5-14)8-17(22)20-7-6-16-15(10-20)21-13(11-24-16)9-18-19-21/h2-5,9,15-16H,6-8,10-11H2,1H3. The number of piperidine rings is 1. The molecule has 0 radical (unpaired) electrons. The van der Waals surface area contributed by atoms with Crippen molar-refractivity contribution in [3.05, 3.63) is 41.7 Å². The van der Waals surface area contributed by atoms with Gasteiger partial charge in [-0.15, -0.1) is 5.10 Å². The van der Waals surface area contributed by atoms with E-state index >= 15 is 0 Å². The van der Waals surface area contributed by atoms with E-state index < -0.39 is 0 Å². The number of hydrogen-bond donors (Lipinski definition) is 0. The van der Waals surface area contributed by atoms with Crippen molar-refractivity contribution in [1.82, 2.24) is 19.9 Å². The molecule has 0 N–H and O–H groups in total. The quantitative estimate of drug-likeness (QED) is 0.847. The lowest BCUT2D eigenvalue weighted by molar-refractivity contribution is -0.137. The third-order valence-electron chi connectivity index (χ3n) is 4.80. The van der Waals surface area contributed by atoms with Crippen LogP contribution < -0.4 is 4.74 Å². The van der Waals surface area contributed by atoms with Crippen molar-refractivity contribution in [2.24, 2.45) is 0 Å². The minimum atomic E-state index is 0.0600. The number of nitrogens with zero attached hydrogens (tertiary/aromatic N) is 4. The summed E-state index contributed by atoms with van der Waals surface area (Å²) in [6.07, 6.45) is 3.07. The number of methoxy groups -OCH3 is 1. The summed E-state index contributed by atoms with van der Waals surface area (Å²) >= 11 is 0. The van der Waals surface area contributed by atoms with E-state index in [-0.39, 0.29) is 18.1 Å². The van der Waals surface area contributed by atoms with Crippen LogP contribution in [0, 0.1) is 0 Å². The zero-order valence-corrected chi connectivity index (χ0v) is 13.6. The number of fused-ring (bicyclic) bond motifs is 3. The van der Waals surface area contributed by atoms with Gasteiger partial charge in [0, 0.05) is 13.1 Å². The Morgan fingerprint density at radius 2 is 2.21 bits per heavy atom. The highest BCUT2D eigenvalue weighted by molar-refractivity contribution is 5.79. The summed E-state index contributed by atoms with van der Waals surface area (Å²) in [5.74, 6) is 0.927. The Hall–Kier alpha value is -2.41.